The molecule has 0 saturated carbocycles. The third-order valence-electron chi connectivity index (χ3n) is 2.79. The van der Waals surface area contributed by atoms with Crippen LogP contribution in [0.5, 0.6) is 0 Å². The van der Waals surface area contributed by atoms with E-state index in [4.69, 9.17) is 4.74 Å². The Balaban J connectivity index is 2.07. The minimum absolute atomic E-state index is 0.107. The third kappa shape index (κ3) is 4.07. The Morgan fingerprint density at radius 3 is 2.68 bits per heavy atom. The van der Waals surface area contributed by atoms with E-state index in [0.29, 0.717) is 21.5 Å². The van der Waals surface area contributed by atoms with Crippen molar-refractivity contribution in [3.8, 4) is 0 Å². The summed E-state index contributed by atoms with van der Waals surface area (Å²) in [7, 11) is 0. The molecule has 1 aromatic heterocycles. The summed E-state index contributed by atoms with van der Waals surface area (Å²) in [4.78, 5) is 31.6. The molecule has 1 aromatic rings. The van der Waals surface area contributed by atoms with Gasteiger partial charge >= 0.3 is 11.9 Å². The van der Waals surface area contributed by atoms with E-state index in [0.717, 1.165) is 0 Å². The summed E-state index contributed by atoms with van der Waals surface area (Å²) in [5.41, 5.74) is -1.00. The van der Waals surface area contributed by atoms with Crippen molar-refractivity contribution in [2.24, 2.45) is 4.99 Å². The third-order valence-corrected chi connectivity index (χ3v) is 4.91. The number of carbonyl (C=O) groups is 2. The van der Waals surface area contributed by atoms with Gasteiger partial charge in [0.2, 0.25) is 0 Å². The van der Waals surface area contributed by atoms with Crippen molar-refractivity contribution in [3.63, 3.8) is 0 Å². The fourth-order valence-corrected chi connectivity index (χ4v) is 3.69. The highest BCUT2D eigenvalue weighted by Crippen LogP contribution is 2.31. The number of aromatic nitrogens is 1. The van der Waals surface area contributed by atoms with Gasteiger partial charge < -0.3 is 9.84 Å². The predicted molar refractivity (Wildman–Crippen MR) is 86.7 cm³/mol. The number of rotatable bonds is 4. The highest BCUT2D eigenvalue weighted by molar-refractivity contribution is 8.14. The van der Waals surface area contributed by atoms with Crippen molar-refractivity contribution in [3.05, 3.63) is 16.1 Å². The Hall–Kier alpha value is -1.41. The number of esters is 1. The van der Waals surface area contributed by atoms with Crippen LogP contribution in [-0.2, 0) is 20.7 Å². The summed E-state index contributed by atoms with van der Waals surface area (Å²) in [5, 5.41) is 12.2. The normalized spacial score (nSPS) is 21.5. The molecular weight excluding hydrogens is 324 g/mol. The lowest BCUT2D eigenvalue weighted by atomic mass is 10.1. The average molecular weight is 342 g/mol. The zero-order chi connectivity index (χ0) is 16.5. The summed E-state index contributed by atoms with van der Waals surface area (Å²) in [6.45, 7) is 7.03. The van der Waals surface area contributed by atoms with Crippen LogP contribution >= 0.6 is 23.1 Å². The van der Waals surface area contributed by atoms with Crippen molar-refractivity contribution in [2.75, 3.05) is 5.75 Å². The van der Waals surface area contributed by atoms with Gasteiger partial charge in [0.25, 0.3) is 0 Å². The van der Waals surface area contributed by atoms with E-state index in [9.17, 15) is 14.7 Å². The molecule has 0 aliphatic carbocycles. The van der Waals surface area contributed by atoms with E-state index in [2.05, 4.69) is 9.98 Å². The van der Waals surface area contributed by atoms with Gasteiger partial charge in [-0.3, -0.25) is 9.79 Å². The summed E-state index contributed by atoms with van der Waals surface area (Å²) in [6.07, 6.45) is 0.107. The molecule has 0 saturated heterocycles. The summed E-state index contributed by atoms with van der Waals surface area (Å²) in [6, 6.07) is 0. The van der Waals surface area contributed by atoms with E-state index >= 15 is 0 Å². The van der Waals surface area contributed by atoms with Crippen LogP contribution in [0.4, 0.5) is 0 Å². The molecule has 1 aliphatic rings. The first-order valence-corrected chi connectivity index (χ1v) is 8.58. The molecule has 1 N–H and O–H groups in total. The maximum Gasteiger partial charge on any atom is 0.332 e. The summed E-state index contributed by atoms with van der Waals surface area (Å²) >= 11 is 2.72. The van der Waals surface area contributed by atoms with Crippen LogP contribution in [0.3, 0.4) is 0 Å². The molecule has 0 spiro atoms. The van der Waals surface area contributed by atoms with Gasteiger partial charge in [-0.05, 0) is 27.7 Å². The highest BCUT2D eigenvalue weighted by atomic mass is 32.2. The second kappa shape index (κ2) is 6.00. The summed E-state index contributed by atoms with van der Waals surface area (Å²) < 4.78 is 5.26. The number of carboxylic acids is 1. The van der Waals surface area contributed by atoms with Crippen LogP contribution in [0.2, 0.25) is 0 Å². The second-order valence-electron chi connectivity index (χ2n) is 6.17. The van der Waals surface area contributed by atoms with Crippen LogP contribution in [0.25, 0.3) is 0 Å². The van der Waals surface area contributed by atoms with Gasteiger partial charge in [0.05, 0.1) is 6.42 Å². The van der Waals surface area contributed by atoms with Crippen LogP contribution in [0, 0.1) is 0 Å². The lowest BCUT2D eigenvalue weighted by molar-refractivity contribution is -0.154. The van der Waals surface area contributed by atoms with Gasteiger partial charge in [0.1, 0.15) is 21.3 Å². The number of aliphatic carboxylic acids is 1. The number of hydrogen-bond acceptors (Lipinski definition) is 7. The Morgan fingerprint density at radius 1 is 1.45 bits per heavy atom. The smallest absolute Gasteiger partial charge is 0.332 e. The number of thioether (sulfide) groups is 1. The fraction of sp³-hybridized carbons (Fsp3) is 0.571. The number of carboxylic acid groups (broad SMARTS) is 1. The van der Waals surface area contributed by atoms with Gasteiger partial charge in [0.15, 0.2) is 5.54 Å². The Bertz CT molecular complexity index is 633. The Labute approximate surface area is 137 Å². The van der Waals surface area contributed by atoms with E-state index < -0.39 is 17.1 Å². The number of aliphatic imine (C=N–C) groups is 1. The molecule has 22 heavy (non-hydrogen) atoms. The molecule has 0 radical (unpaired) electrons. The van der Waals surface area contributed by atoms with Gasteiger partial charge in [-0.1, -0.05) is 0 Å². The zero-order valence-electron chi connectivity index (χ0n) is 12.9. The quantitative estimate of drug-likeness (QED) is 0.845. The van der Waals surface area contributed by atoms with E-state index in [1.54, 1.807) is 12.3 Å². The summed E-state index contributed by atoms with van der Waals surface area (Å²) in [5.74, 6) is -0.889. The van der Waals surface area contributed by atoms with E-state index in [1.165, 1.54) is 23.1 Å². The molecule has 6 nitrogen and oxygen atoms in total. The average Bonchev–Trinajstić information content (AvgIpc) is 2.94. The van der Waals surface area contributed by atoms with Crippen molar-refractivity contribution in [2.45, 2.75) is 45.3 Å². The highest BCUT2D eigenvalue weighted by Gasteiger charge is 2.39. The Morgan fingerprint density at radius 2 is 2.14 bits per heavy atom. The first-order valence-electron chi connectivity index (χ1n) is 6.72. The van der Waals surface area contributed by atoms with Crippen LogP contribution in [0.1, 0.15) is 38.4 Å². The SMILES string of the molecule is CC(C)(C)OC(=O)Cc1nc(C2=NC(C)(C(=O)O)CS2)cs1. The second-order valence-corrected chi connectivity index (χ2v) is 8.08. The largest absolute Gasteiger partial charge is 0.479 e. The maximum absolute atomic E-state index is 11.8. The minimum atomic E-state index is -1.10. The number of ether oxygens (including phenoxy) is 1. The molecule has 1 aliphatic heterocycles. The van der Waals surface area contributed by atoms with Crippen LogP contribution in [0.15, 0.2) is 10.4 Å². The molecular formula is C14H18N2O4S2. The minimum Gasteiger partial charge on any atom is -0.479 e. The number of thiazole rings is 1. The molecule has 0 bridgehead atoms. The van der Waals surface area contributed by atoms with E-state index in [1.807, 2.05) is 20.8 Å². The number of hydrogen-bond donors (Lipinski definition) is 1. The van der Waals surface area contributed by atoms with Gasteiger partial charge in [-0.2, -0.15) is 0 Å². The molecule has 0 fully saturated rings. The van der Waals surface area contributed by atoms with Crippen LogP contribution < -0.4 is 0 Å². The van der Waals surface area contributed by atoms with Crippen LogP contribution in [-0.4, -0.2) is 44.0 Å². The van der Waals surface area contributed by atoms with Gasteiger partial charge in [-0.15, -0.1) is 23.1 Å². The van der Waals surface area contributed by atoms with Crippen molar-refractivity contribution < 1.29 is 19.4 Å². The molecule has 2 heterocycles. The lowest BCUT2D eigenvalue weighted by Gasteiger charge is -2.18. The fourth-order valence-electron chi connectivity index (χ4n) is 1.73. The van der Waals surface area contributed by atoms with Crippen molar-refractivity contribution >= 4 is 40.1 Å². The molecule has 8 heteroatoms. The molecule has 2 rings (SSSR count). The molecule has 0 amide bonds. The Kier molecular flexibility index (Phi) is 4.62. The molecule has 120 valence electrons. The monoisotopic (exact) mass is 342 g/mol. The molecule has 0 aromatic carbocycles. The first kappa shape index (κ1) is 17.0. The zero-order valence-corrected chi connectivity index (χ0v) is 14.5. The number of carbonyl (C=O) groups excluding carboxylic acids is 1. The first-order chi connectivity index (χ1) is 10.1. The van der Waals surface area contributed by atoms with Crippen molar-refractivity contribution in [1.29, 1.82) is 0 Å². The topological polar surface area (TPSA) is 88.9 Å². The molecule has 1 atom stereocenters. The van der Waals surface area contributed by atoms with E-state index in [-0.39, 0.29) is 12.4 Å². The predicted octanol–water partition coefficient (Wildman–Crippen LogP) is 2.36. The van der Waals surface area contributed by atoms with Gasteiger partial charge in [-0.25, -0.2) is 9.78 Å². The van der Waals surface area contributed by atoms with Gasteiger partial charge in [0, 0.05) is 11.1 Å². The van der Waals surface area contributed by atoms with Crippen molar-refractivity contribution in [1.82, 2.24) is 4.98 Å². The maximum atomic E-state index is 11.8. The lowest BCUT2D eigenvalue weighted by Crippen LogP contribution is -2.33. The molecule has 1 unspecified atom stereocenters. The number of nitrogens with zero attached hydrogens (tertiary/aromatic N) is 2. The standard InChI is InChI=1S/C14H18N2O4S2/c1-13(2,3)20-10(17)5-9-15-8(6-21-9)11-16-14(4,7-22-11)12(18)19/h6H,5,7H2,1-4H3,(H,18,19).